The van der Waals surface area contributed by atoms with Crippen LogP contribution in [0.5, 0.6) is 0 Å². The molecule has 1 aliphatic rings. The molecule has 0 amide bonds. The Kier molecular flexibility index (Phi) is 1.01. The fourth-order valence-corrected chi connectivity index (χ4v) is 0.756. The SMILES string of the molecule is NC1=N[CH]CS1. The van der Waals surface area contributed by atoms with E-state index in [-0.39, 0.29) is 0 Å². The highest BCUT2D eigenvalue weighted by Gasteiger charge is 1.98. The first-order valence-electron chi connectivity index (χ1n) is 1.67. The molecule has 0 aromatic heterocycles. The monoisotopic (exact) mass is 101 g/mol. The predicted octanol–water partition coefficient (Wildman–Crippen LogP) is 0.210. The van der Waals surface area contributed by atoms with Crippen LogP contribution in [0.15, 0.2) is 4.99 Å². The minimum absolute atomic E-state index is 0.690. The van der Waals surface area contributed by atoms with Crippen molar-refractivity contribution in [2.75, 3.05) is 5.75 Å². The maximum atomic E-state index is 5.22. The Hall–Kier alpha value is -0.180. The maximum absolute atomic E-state index is 5.22. The van der Waals surface area contributed by atoms with Crippen molar-refractivity contribution in [3.05, 3.63) is 6.54 Å². The van der Waals surface area contributed by atoms with Gasteiger partial charge in [-0.15, -0.1) is 0 Å². The molecule has 0 atom stereocenters. The standard InChI is InChI=1S/C3H5N2S/c4-3-5-1-2-6-3/h1H,2H2,(H2,4,5). The molecular weight excluding hydrogens is 96.1 g/mol. The Bertz CT molecular complexity index is 78.9. The minimum atomic E-state index is 0.690. The van der Waals surface area contributed by atoms with Gasteiger partial charge in [0.15, 0.2) is 5.17 Å². The molecule has 0 spiro atoms. The van der Waals surface area contributed by atoms with Crippen LogP contribution in [0.4, 0.5) is 0 Å². The third-order valence-electron chi connectivity index (χ3n) is 0.524. The molecular formula is C3H5N2S. The molecule has 0 aliphatic carbocycles. The van der Waals surface area contributed by atoms with Crippen molar-refractivity contribution >= 4 is 16.9 Å². The van der Waals surface area contributed by atoms with Gasteiger partial charge >= 0.3 is 0 Å². The molecule has 0 saturated carbocycles. The lowest BCUT2D eigenvalue weighted by molar-refractivity contribution is 1.36. The van der Waals surface area contributed by atoms with Crippen molar-refractivity contribution in [1.82, 2.24) is 0 Å². The van der Waals surface area contributed by atoms with Crippen molar-refractivity contribution in [3.63, 3.8) is 0 Å². The highest BCUT2D eigenvalue weighted by molar-refractivity contribution is 8.14. The van der Waals surface area contributed by atoms with Gasteiger partial charge in [-0.1, -0.05) is 11.8 Å². The Morgan fingerprint density at radius 2 is 2.83 bits per heavy atom. The molecule has 2 nitrogen and oxygen atoms in total. The van der Waals surface area contributed by atoms with Crippen molar-refractivity contribution in [2.24, 2.45) is 10.7 Å². The molecule has 6 heavy (non-hydrogen) atoms. The van der Waals surface area contributed by atoms with Crippen LogP contribution in [0.2, 0.25) is 0 Å². The Balaban J connectivity index is 2.45. The molecule has 1 heterocycles. The lowest BCUT2D eigenvalue weighted by Crippen LogP contribution is -2.00. The lowest BCUT2D eigenvalue weighted by Gasteiger charge is -1.77. The van der Waals surface area contributed by atoms with Gasteiger partial charge < -0.3 is 5.73 Å². The first kappa shape index (κ1) is 3.99. The molecule has 0 saturated heterocycles. The Morgan fingerprint density at radius 1 is 2.00 bits per heavy atom. The summed E-state index contributed by atoms with van der Waals surface area (Å²) in [7, 11) is 0. The molecule has 0 aromatic carbocycles. The number of thioether (sulfide) groups is 1. The lowest BCUT2D eigenvalue weighted by atomic mass is 10.8. The summed E-state index contributed by atoms with van der Waals surface area (Å²) in [5, 5.41) is 0.690. The summed E-state index contributed by atoms with van der Waals surface area (Å²) in [6.07, 6.45) is 0. The van der Waals surface area contributed by atoms with Crippen LogP contribution in [-0.2, 0) is 0 Å². The van der Waals surface area contributed by atoms with Gasteiger partial charge in [0, 0.05) is 5.75 Å². The topological polar surface area (TPSA) is 38.4 Å². The van der Waals surface area contributed by atoms with Gasteiger partial charge in [-0.2, -0.15) is 0 Å². The molecule has 0 fully saturated rings. The van der Waals surface area contributed by atoms with Gasteiger partial charge in [-0.3, -0.25) is 4.99 Å². The second-order valence-electron chi connectivity index (χ2n) is 0.961. The molecule has 0 bridgehead atoms. The summed E-state index contributed by atoms with van der Waals surface area (Å²) in [5.74, 6) is 0.950. The number of nitrogens with two attached hydrogens (primary N) is 1. The average Bonchev–Trinajstić information content (AvgIpc) is 1.86. The number of nitrogens with zero attached hydrogens (tertiary/aromatic N) is 1. The van der Waals surface area contributed by atoms with Crippen molar-refractivity contribution < 1.29 is 0 Å². The zero-order valence-corrected chi connectivity index (χ0v) is 4.03. The van der Waals surface area contributed by atoms with Crippen LogP contribution in [0.1, 0.15) is 0 Å². The van der Waals surface area contributed by atoms with E-state index < -0.39 is 0 Å². The van der Waals surface area contributed by atoms with Crippen molar-refractivity contribution in [2.45, 2.75) is 0 Å². The predicted molar refractivity (Wildman–Crippen MR) is 28.4 cm³/mol. The number of aliphatic imine (C=N–C) groups is 1. The second-order valence-corrected chi connectivity index (χ2v) is 2.00. The summed E-state index contributed by atoms with van der Waals surface area (Å²) in [5.41, 5.74) is 5.22. The minimum Gasteiger partial charge on any atom is -0.379 e. The van der Waals surface area contributed by atoms with E-state index in [1.807, 2.05) is 0 Å². The van der Waals surface area contributed by atoms with Gasteiger partial charge in [-0.05, 0) is 0 Å². The summed E-state index contributed by atoms with van der Waals surface area (Å²) >= 11 is 1.57. The molecule has 0 aromatic rings. The zero-order chi connectivity index (χ0) is 4.41. The van der Waals surface area contributed by atoms with E-state index in [0.29, 0.717) is 5.17 Å². The molecule has 1 radical (unpaired) electrons. The van der Waals surface area contributed by atoms with Gasteiger partial charge in [0.25, 0.3) is 0 Å². The van der Waals surface area contributed by atoms with Crippen molar-refractivity contribution in [3.8, 4) is 0 Å². The highest BCUT2D eigenvalue weighted by atomic mass is 32.2. The first-order chi connectivity index (χ1) is 2.89. The number of hydrogen-bond donors (Lipinski definition) is 1. The van der Waals surface area contributed by atoms with Crippen LogP contribution in [0.25, 0.3) is 0 Å². The van der Waals surface area contributed by atoms with Crippen LogP contribution in [-0.4, -0.2) is 10.9 Å². The van der Waals surface area contributed by atoms with Gasteiger partial charge in [0.2, 0.25) is 0 Å². The van der Waals surface area contributed by atoms with Gasteiger partial charge in [-0.25, -0.2) is 0 Å². The molecule has 33 valence electrons. The maximum Gasteiger partial charge on any atom is 0.154 e. The summed E-state index contributed by atoms with van der Waals surface area (Å²) in [6.45, 7) is 1.81. The van der Waals surface area contributed by atoms with Gasteiger partial charge in [0.05, 0.1) is 6.54 Å². The fraction of sp³-hybridized carbons (Fsp3) is 0.333. The van der Waals surface area contributed by atoms with E-state index in [1.54, 1.807) is 18.3 Å². The summed E-state index contributed by atoms with van der Waals surface area (Å²) < 4.78 is 0. The summed E-state index contributed by atoms with van der Waals surface area (Å²) in [4.78, 5) is 3.77. The van der Waals surface area contributed by atoms with E-state index >= 15 is 0 Å². The normalized spacial score (nSPS) is 21.0. The van der Waals surface area contributed by atoms with E-state index in [4.69, 9.17) is 5.73 Å². The van der Waals surface area contributed by atoms with E-state index in [1.165, 1.54) is 0 Å². The quantitative estimate of drug-likeness (QED) is 0.473. The van der Waals surface area contributed by atoms with Crippen LogP contribution >= 0.6 is 11.8 Å². The van der Waals surface area contributed by atoms with Crippen molar-refractivity contribution in [1.29, 1.82) is 0 Å². The number of rotatable bonds is 0. The number of amidine groups is 1. The van der Waals surface area contributed by atoms with E-state index in [2.05, 4.69) is 4.99 Å². The zero-order valence-electron chi connectivity index (χ0n) is 3.22. The molecule has 0 unspecified atom stereocenters. The third kappa shape index (κ3) is 0.653. The molecule has 3 heteroatoms. The highest BCUT2D eigenvalue weighted by Crippen LogP contribution is 2.09. The average molecular weight is 101 g/mol. The molecule has 1 rings (SSSR count). The Labute approximate surface area is 40.8 Å². The molecule has 1 aliphatic heterocycles. The Morgan fingerprint density at radius 3 is 3.00 bits per heavy atom. The first-order valence-corrected chi connectivity index (χ1v) is 2.66. The van der Waals surface area contributed by atoms with E-state index in [9.17, 15) is 0 Å². The summed E-state index contributed by atoms with van der Waals surface area (Å²) in [6, 6.07) is 0. The van der Waals surface area contributed by atoms with E-state index in [0.717, 1.165) is 5.75 Å². The smallest absolute Gasteiger partial charge is 0.154 e. The van der Waals surface area contributed by atoms with Crippen LogP contribution in [0.3, 0.4) is 0 Å². The fourth-order valence-electron chi connectivity index (χ4n) is 0.287. The van der Waals surface area contributed by atoms with Crippen LogP contribution in [0, 0.1) is 6.54 Å². The van der Waals surface area contributed by atoms with Gasteiger partial charge in [0.1, 0.15) is 0 Å². The second kappa shape index (κ2) is 1.51. The third-order valence-corrected chi connectivity index (χ3v) is 1.24. The number of hydrogen-bond acceptors (Lipinski definition) is 3. The largest absolute Gasteiger partial charge is 0.379 e. The van der Waals surface area contributed by atoms with Crippen LogP contribution < -0.4 is 5.73 Å². The molecule has 2 N–H and O–H groups in total.